The van der Waals surface area contributed by atoms with Crippen molar-refractivity contribution in [2.45, 2.75) is 40.0 Å². The van der Waals surface area contributed by atoms with Gasteiger partial charge in [-0.25, -0.2) is 4.90 Å². The fourth-order valence-corrected chi connectivity index (χ4v) is 4.56. The quantitative estimate of drug-likeness (QED) is 0.632. The van der Waals surface area contributed by atoms with E-state index in [4.69, 9.17) is 0 Å². The molecule has 1 N–H and O–H groups in total. The van der Waals surface area contributed by atoms with Gasteiger partial charge in [0, 0.05) is 5.56 Å². The third-order valence-electron chi connectivity index (χ3n) is 5.81. The second kappa shape index (κ2) is 8.22. The van der Waals surface area contributed by atoms with Gasteiger partial charge in [0.25, 0.3) is 0 Å². The number of benzene rings is 3. The largest absolute Gasteiger partial charge is 0.392 e. The molecule has 0 fully saturated rings. The van der Waals surface area contributed by atoms with Crippen LogP contribution in [-0.4, -0.2) is 22.6 Å². The van der Waals surface area contributed by atoms with Crippen LogP contribution in [-0.2, 0) is 13.2 Å². The highest BCUT2D eigenvalue weighted by molar-refractivity contribution is 5.81. The second-order valence-electron chi connectivity index (χ2n) is 8.04. The van der Waals surface area contributed by atoms with Gasteiger partial charge in [-0.05, 0) is 43.0 Å². The predicted molar refractivity (Wildman–Crippen MR) is 120 cm³/mol. The lowest BCUT2D eigenvalue weighted by Gasteiger charge is -2.16. The second-order valence-corrected chi connectivity index (χ2v) is 8.04. The maximum Gasteiger partial charge on any atom is 0.240 e. The molecule has 1 unspecified atom stereocenters. The highest BCUT2D eigenvalue weighted by atomic mass is 16.3. The van der Waals surface area contributed by atoms with E-state index in [1.165, 1.54) is 33.5 Å². The minimum Gasteiger partial charge on any atom is -0.392 e. The van der Waals surface area contributed by atoms with Crippen LogP contribution in [0, 0.1) is 20.8 Å². The third-order valence-corrected chi connectivity index (χ3v) is 5.81. The molecule has 1 atom stereocenters. The van der Waals surface area contributed by atoms with Crippen LogP contribution in [0.5, 0.6) is 0 Å². The summed E-state index contributed by atoms with van der Waals surface area (Å²) in [6, 6.07) is 23.7. The van der Waals surface area contributed by atoms with E-state index in [9.17, 15) is 5.11 Å². The maximum absolute atomic E-state index is 9.76. The average molecular weight is 386 g/mol. The monoisotopic (exact) mass is 385 g/mol. The number of nitrogens with zero attached hydrogens (tertiary/aromatic N) is 2. The van der Waals surface area contributed by atoms with Crippen LogP contribution in [0.1, 0.15) is 39.4 Å². The van der Waals surface area contributed by atoms with E-state index in [1.54, 1.807) is 0 Å². The van der Waals surface area contributed by atoms with Gasteiger partial charge >= 0.3 is 0 Å². The summed E-state index contributed by atoms with van der Waals surface area (Å²) < 4.78 is 2.41. The Morgan fingerprint density at radius 2 is 1.52 bits per heavy atom. The van der Waals surface area contributed by atoms with Gasteiger partial charge in [-0.15, -0.1) is 0 Å². The fraction of sp³-hybridized carbons (Fsp3) is 0.269. The van der Waals surface area contributed by atoms with Gasteiger partial charge in [0.15, 0.2) is 6.04 Å². The first kappa shape index (κ1) is 19.4. The molecule has 0 bridgehead atoms. The minimum atomic E-state index is 0.0694. The van der Waals surface area contributed by atoms with Gasteiger partial charge in [0.05, 0.1) is 6.61 Å². The molecule has 29 heavy (non-hydrogen) atoms. The van der Waals surface area contributed by atoms with Crippen LogP contribution >= 0.6 is 0 Å². The standard InChI is InChI=1S/C26H29N2O/c1-19-13-20(2)26(21(3)14-19)28-16-25(22-9-5-4-6-10-22)27(18-28)15-23-11-7-8-12-24(23)17-29/h4-14,18,25,29H,15-17H2,1-3H3/q+1. The molecular weight excluding hydrogens is 356 g/mol. The van der Waals surface area contributed by atoms with Crippen LogP contribution in [0.4, 0.5) is 5.69 Å². The summed E-state index contributed by atoms with van der Waals surface area (Å²) in [4.78, 5) is 2.39. The van der Waals surface area contributed by atoms with Gasteiger partial charge in [0.2, 0.25) is 6.34 Å². The average Bonchev–Trinajstić information content (AvgIpc) is 3.11. The number of anilines is 1. The van der Waals surface area contributed by atoms with Crippen LogP contribution in [0.2, 0.25) is 0 Å². The summed E-state index contributed by atoms with van der Waals surface area (Å²) in [5.41, 5.74) is 8.70. The zero-order chi connectivity index (χ0) is 20.4. The molecule has 0 radical (unpaired) electrons. The molecule has 3 heteroatoms. The maximum atomic E-state index is 9.76. The van der Waals surface area contributed by atoms with Crippen molar-refractivity contribution in [3.8, 4) is 0 Å². The van der Waals surface area contributed by atoms with Crippen molar-refractivity contribution in [1.82, 2.24) is 0 Å². The summed E-state index contributed by atoms with van der Waals surface area (Å²) in [7, 11) is 0. The normalized spacial score (nSPS) is 16.2. The summed E-state index contributed by atoms with van der Waals surface area (Å²) in [6.07, 6.45) is 2.26. The molecular formula is C26H29N2O+. The van der Waals surface area contributed by atoms with Crippen LogP contribution in [0.25, 0.3) is 0 Å². The predicted octanol–water partition coefficient (Wildman–Crippen LogP) is 4.91. The molecule has 3 aromatic rings. The van der Waals surface area contributed by atoms with E-state index in [0.29, 0.717) is 0 Å². The number of rotatable bonds is 5. The Bertz CT molecular complexity index is 1020. The molecule has 0 saturated heterocycles. The zero-order valence-corrected chi connectivity index (χ0v) is 17.5. The van der Waals surface area contributed by atoms with Gasteiger partial charge in [-0.2, -0.15) is 0 Å². The van der Waals surface area contributed by atoms with Crippen LogP contribution < -0.4 is 4.90 Å². The van der Waals surface area contributed by atoms with Gasteiger partial charge in [-0.3, -0.25) is 4.58 Å². The van der Waals surface area contributed by atoms with E-state index in [-0.39, 0.29) is 12.6 Å². The molecule has 0 amide bonds. The number of aryl methyl sites for hydroxylation is 3. The molecule has 4 rings (SSSR count). The molecule has 0 saturated carbocycles. The summed E-state index contributed by atoms with van der Waals surface area (Å²) in [5.74, 6) is 0. The summed E-state index contributed by atoms with van der Waals surface area (Å²) in [5, 5.41) is 9.76. The Kier molecular flexibility index (Phi) is 5.50. The van der Waals surface area contributed by atoms with Crippen molar-refractivity contribution in [2.75, 3.05) is 11.4 Å². The van der Waals surface area contributed by atoms with Crippen LogP contribution in [0.3, 0.4) is 0 Å². The number of aliphatic hydroxyl groups excluding tert-OH is 1. The van der Waals surface area contributed by atoms with Crippen molar-refractivity contribution in [2.24, 2.45) is 0 Å². The van der Waals surface area contributed by atoms with E-state index >= 15 is 0 Å². The lowest BCUT2D eigenvalue weighted by Crippen LogP contribution is -2.22. The molecule has 148 valence electrons. The fourth-order valence-electron chi connectivity index (χ4n) is 4.56. The lowest BCUT2D eigenvalue weighted by molar-refractivity contribution is -0.573. The Labute approximate surface area is 173 Å². The van der Waals surface area contributed by atoms with E-state index in [2.05, 4.69) is 85.1 Å². The Morgan fingerprint density at radius 3 is 2.17 bits per heavy atom. The van der Waals surface area contributed by atoms with E-state index in [1.807, 2.05) is 18.2 Å². The summed E-state index contributed by atoms with van der Waals surface area (Å²) >= 11 is 0. The topological polar surface area (TPSA) is 26.5 Å². The Hall–Kier alpha value is -2.91. The third kappa shape index (κ3) is 3.96. The smallest absolute Gasteiger partial charge is 0.240 e. The van der Waals surface area contributed by atoms with Gasteiger partial charge in [-0.1, -0.05) is 72.3 Å². The number of aliphatic hydroxyl groups is 1. The molecule has 0 spiro atoms. The van der Waals surface area contributed by atoms with Gasteiger partial charge < -0.3 is 5.11 Å². The molecule has 1 aliphatic heterocycles. The van der Waals surface area contributed by atoms with E-state index in [0.717, 1.165) is 18.7 Å². The first-order chi connectivity index (χ1) is 14.1. The molecule has 0 aliphatic carbocycles. The lowest BCUT2D eigenvalue weighted by atomic mass is 10.0. The van der Waals surface area contributed by atoms with Gasteiger partial charge in [0.1, 0.15) is 18.8 Å². The Morgan fingerprint density at radius 1 is 0.897 bits per heavy atom. The Balaban J connectivity index is 1.75. The minimum absolute atomic E-state index is 0.0694. The number of hydrogen-bond donors (Lipinski definition) is 1. The molecule has 1 heterocycles. The zero-order valence-electron chi connectivity index (χ0n) is 17.5. The highest BCUT2D eigenvalue weighted by Crippen LogP contribution is 2.32. The van der Waals surface area contributed by atoms with Crippen LogP contribution in [0.15, 0.2) is 66.7 Å². The van der Waals surface area contributed by atoms with Crippen molar-refractivity contribution in [3.05, 3.63) is 100 Å². The number of hydrogen-bond acceptors (Lipinski definition) is 2. The first-order valence-corrected chi connectivity index (χ1v) is 10.2. The first-order valence-electron chi connectivity index (χ1n) is 10.2. The molecule has 3 aromatic carbocycles. The SMILES string of the molecule is Cc1cc(C)c(N2C=[N+](Cc3ccccc3CO)C(c3ccccc3)C2)c(C)c1. The van der Waals surface area contributed by atoms with Crippen molar-refractivity contribution in [3.63, 3.8) is 0 Å². The van der Waals surface area contributed by atoms with Crippen molar-refractivity contribution >= 4 is 12.0 Å². The van der Waals surface area contributed by atoms with Crippen molar-refractivity contribution < 1.29 is 9.68 Å². The summed E-state index contributed by atoms with van der Waals surface area (Å²) in [6.45, 7) is 8.31. The van der Waals surface area contributed by atoms with E-state index < -0.39 is 0 Å². The molecule has 3 nitrogen and oxygen atoms in total. The van der Waals surface area contributed by atoms with Crippen molar-refractivity contribution in [1.29, 1.82) is 0 Å². The molecule has 1 aliphatic rings. The highest BCUT2D eigenvalue weighted by Gasteiger charge is 2.34. The molecule has 0 aromatic heterocycles.